The van der Waals surface area contributed by atoms with Crippen molar-refractivity contribution in [2.45, 2.75) is 19.4 Å². The fourth-order valence-electron chi connectivity index (χ4n) is 2.03. The fraction of sp³-hybridized carbons (Fsp3) is 0.267. The summed E-state index contributed by atoms with van der Waals surface area (Å²) < 4.78 is 0. The first kappa shape index (κ1) is 11.8. The third-order valence-electron chi connectivity index (χ3n) is 3.11. The van der Waals surface area contributed by atoms with E-state index in [1.165, 1.54) is 0 Å². The topological polar surface area (TPSA) is 37.3 Å². The molecule has 1 aromatic carbocycles. The molecule has 2 heteroatoms. The monoisotopic (exact) mass is 228 g/mol. The Bertz CT molecular complexity index is 457. The molecule has 0 fully saturated rings. The van der Waals surface area contributed by atoms with Crippen LogP contribution in [0.15, 0.2) is 54.1 Å². The molecule has 0 radical (unpaired) electrons. The minimum Gasteiger partial charge on any atom is -0.380 e. The Hall–Kier alpha value is -1.67. The second-order valence-electron chi connectivity index (χ2n) is 4.36. The van der Waals surface area contributed by atoms with Gasteiger partial charge in [0.1, 0.15) is 6.10 Å². The largest absolute Gasteiger partial charge is 0.380 e. The number of carbonyl (C=O) groups is 1. The number of ketones is 1. The highest BCUT2D eigenvalue weighted by Gasteiger charge is 2.25. The van der Waals surface area contributed by atoms with E-state index in [-0.39, 0.29) is 11.7 Å². The minimum absolute atomic E-state index is 0.223. The molecular weight excluding hydrogens is 212 g/mol. The van der Waals surface area contributed by atoms with Crippen molar-refractivity contribution in [3.05, 3.63) is 59.7 Å². The molecule has 0 bridgehead atoms. The third kappa shape index (κ3) is 2.53. The van der Waals surface area contributed by atoms with Crippen LogP contribution < -0.4 is 0 Å². The average Bonchev–Trinajstić information content (AvgIpc) is 2.39. The SMILES string of the molecule is CC1CC=CC=C1C(O)C(=O)c1ccccc1. The van der Waals surface area contributed by atoms with Crippen LogP contribution in [0.2, 0.25) is 0 Å². The van der Waals surface area contributed by atoms with Crippen LogP contribution >= 0.6 is 0 Å². The Morgan fingerprint density at radius 3 is 2.71 bits per heavy atom. The molecule has 1 aliphatic rings. The van der Waals surface area contributed by atoms with E-state index in [0.717, 1.165) is 12.0 Å². The molecule has 2 unspecified atom stereocenters. The van der Waals surface area contributed by atoms with Gasteiger partial charge >= 0.3 is 0 Å². The van der Waals surface area contributed by atoms with Crippen LogP contribution in [-0.2, 0) is 0 Å². The zero-order valence-corrected chi connectivity index (χ0v) is 9.84. The highest BCUT2D eigenvalue weighted by molar-refractivity contribution is 6.01. The highest BCUT2D eigenvalue weighted by Crippen LogP contribution is 2.24. The summed E-state index contributed by atoms with van der Waals surface area (Å²) in [6, 6.07) is 8.93. The first-order valence-electron chi connectivity index (χ1n) is 5.84. The Morgan fingerprint density at radius 1 is 1.35 bits per heavy atom. The summed E-state index contributed by atoms with van der Waals surface area (Å²) in [7, 11) is 0. The van der Waals surface area contributed by atoms with E-state index in [2.05, 4.69) is 0 Å². The lowest BCUT2D eigenvalue weighted by molar-refractivity contribution is 0.0790. The van der Waals surface area contributed by atoms with Gasteiger partial charge in [-0.05, 0) is 17.9 Å². The van der Waals surface area contributed by atoms with Crippen molar-refractivity contribution < 1.29 is 9.90 Å². The lowest BCUT2D eigenvalue weighted by Gasteiger charge is -2.21. The second kappa shape index (κ2) is 5.11. The number of hydrogen-bond donors (Lipinski definition) is 1. The van der Waals surface area contributed by atoms with Crippen molar-refractivity contribution >= 4 is 5.78 Å². The van der Waals surface area contributed by atoms with Gasteiger partial charge in [0.15, 0.2) is 5.78 Å². The van der Waals surface area contributed by atoms with Gasteiger partial charge in [-0.3, -0.25) is 4.79 Å². The van der Waals surface area contributed by atoms with Crippen molar-refractivity contribution in [2.75, 3.05) is 0 Å². The quantitative estimate of drug-likeness (QED) is 0.808. The molecule has 2 rings (SSSR count). The zero-order valence-electron chi connectivity index (χ0n) is 9.84. The van der Waals surface area contributed by atoms with Crippen LogP contribution in [0.4, 0.5) is 0 Å². The number of aliphatic hydroxyl groups excluding tert-OH is 1. The number of aliphatic hydroxyl groups is 1. The highest BCUT2D eigenvalue weighted by atomic mass is 16.3. The number of hydrogen-bond acceptors (Lipinski definition) is 2. The van der Waals surface area contributed by atoms with E-state index in [1.807, 2.05) is 31.2 Å². The maximum atomic E-state index is 12.1. The first-order chi connectivity index (χ1) is 8.20. The molecule has 17 heavy (non-hydrogen) atoms. The third-order valence-corrected chi connectivity index (χ3v) is 3.11. The number of carbonyl (C=O) groups excluding carboxylic acids is 1. The number of benzene rings is 1. The summed E-state index contributed by atoms with van der Waals surface area (Å²) in [5.41, 5.74) is 1.36. The molecule has 0 spiro atoms. The normalized spacial score (nSPS) is 20.8. The van der Waals surface area contributed by atoms with E-state index in [4.69, 9.17) is 0 Å². The van der Waals surface area contributed by atoms with Crippen molar-refractivity contribution in [3.8, 4) is 0 Å². The van der Waals surface area contributed by atoms with Gasteiger partial charge in [0.2, 0.25) is 0 Å². The van der Waals surface area contributed by atoms with Gasteiger partial charge in [0.05, 0.1) is 0 Å². The van der Waals surface area contributed by atoms with Gasteiger partial charge in [0.25, 0.3) is 0 Å². The maximum absolute atomic E-state index is 12.1. The van der Waals surface area contributed by atoms with E-state index in [1.54, 1.807) is 24.3 Å². The van der Waals surface area contributed by atoms with Crippen molar-refractivity contribution in [1.29, 1.82) is 0 Å². The summed E-state index contributed by atoms with van der Waals surface area (Å²) in [5.74, 6) is 0.00154. The summed E-state index contributed by atoms with van der Waals surface area (Å²) >= 11 is 0. The summed E-state index contributed by atoms with van der Waals surface area (Å²) in [6.45, 7) is 2.02. The predicted octanol–water partition coefficient (Wildman–Crippen LogP) is 2.75. The van der Waals surface area contributed by atoms with Gasteiger partial charge in [-0.25, -0.2) is 0 Å². The van der Waals surface area contributed by atoms with Gasteiger partial charge in [0, 0.05) is 5.56 Å². The van der Waals surface area contributed by atoms with E-state index in [9.17, 15) is 9.90 Å². The summed E-state index contributed by atoms with van der Waals surface area (Å²) in [5, 5.41) is 10.1. The van der Waals surface area contributed by atoms with Crippen molar-refractivity contribution in [3.63, 3.8) is 0 Å². The molecule has 0 amide bonds. The number of allylic oxidation sites excluding steroid dienone is 3. The molecule has 1 aromatic rings. The van der Waals surface area contributed by atoms with Crippen LogP contribution in [0.5, 0.6) is 0 Å². The van der Waals surface area contributed by atoms with Crippen LogP contribution in [0.1, 0.15) is 23.7 Å². The molecule has 2 nitrogen and oxygen atoms in total. The number of rotatable bonds is 3. The molecule has 88 valence electrons. The number of Topliss-reactive ketones (excluding diaryl/α,β-unsaturated/α-hetero) is 1. The Labute approximate surface area is 101 Å². The molecule has 0 saturated carbocycles. The summed E-state index contributed by atoms with van der Waals surface area (Å²) in [6.07, 6.45) is 5.66. The molecule has 0 saturated heterocycles. The Morgan fingerprint density at radius 2 is 2.06 bits per heavy atom. The lowest BCUT2D eigenvalue weighted by Crippen LogP contribution is -2.26. The van der Waals surface area contributed by atoms with E-state index < -0.39 is 6.10 Å². The van der Waals surface area contributed by atoms with Gasteiger partial charge in [-0.15, -0.1) is 0 Å². The Balaban J connectivity index is 2.21. The molecule has 1 aliphatic carbocycles. The van der Waals surface area contributed by atoms with Crippen LogP contribution in [0.25, 0.3) is 0 Å². The lowest BCUT2D eigenvalue weighted by atomic mass is 9.86. The molecule has 0 heterocycles. The Kier molecular flexibility index (Phi) is 3.55. The van der Waals surface area contributed by atoms with Crippen LogP contribution in [-0.4, -0.2) is 17.0 Å². The van der Waals surface area contributed by atoms with Crippen molar-refractivity contribution in [1.82, 2.24) is 0 Å². The molecule has 1 N–H and O–H groups in total. The molecular formula is C15H16O2. The standard InChI is InChI=1S/C15H16O2/c1-11-7-5-6-10-13(11)15(17)14(16)12-8-3-2-4-9-12/h2-6,8-11,15,17H,7H2,1H3. The smallest absolute Gasteiger partial charge is 0.195 e. The fourth-order valence-corrected chi connectivity index (χ4v) is 2.03. The average molecular weight is 228 g/mol. The zero-order chi connectivity index (χ0) is 12.3. The van der Waals surface area contributed by atoms with Crippen LogP contribution in [0, 0.1) is 5.92 Å². The molecule has 0 aromatic heterocycles. The maximum Gasteiger partial charge on any atom is 0.195 e. The summed E-state index contributed by atoms with van der Waals surface area (Å²) in [4.78, 5) is 12.1. The van der Waals surface area contributed by atoms with Gasteiger partial charge < -0.3 is 5.11 Å². The van der Waals surface area contributed by atoms with Crippen LogP contribution in [0.3, 0.4) is 0 Å². The van der Waals surface area contributed by atoms with E-state index >= 15 is 0 Å². The van der Waals surface area contributed by atoms with Gasteiger partial charge in [-0.2, -0.15) is 0 Å². The molecule has 2 atom stereocenters. The van der Waals surface area contributed by atoms with E-state index in [0.29, 0.717) is 5.56 Å². The predicted molar refractivity (Wildman–Crippen MR) is 67.8 cm³/mol. The second-order valence-corrected chi connectivity index (χ2v) is 4.36. The van der Waals surface area contributed by atoms with Gasteiger partial charge in [-0.1, -0.05) is 55.5 Å². The van der Waals surface area contributed by atoms with Crippen molar-refractivity contribution in [2.24, 2.45) is 5.92 Å². The molecule has 0 aliphatic heterocycles. The first-order valence-corrected chi connectivity index (χ1v) is 5.84. The minimum atomic E-state index is -1.02.